The van der Waals surface area contributed by atoms with Crippen LogP contribution in [0.5, 0.6) is 0 Å². The van der Waals surface area contributed by atoms with E-state index in [9.17, 15) is 18.3 Å². The van der Waals surface area contributed by atoms with E-state index in [4.69, 9.17) is 0 Å². The third-order valence-corrected chi connectivity index (χ3v) is 2.68. The second kappa shape index (κ2) is 3.70. The summed E-state index contributed by atoms with van der Waals surface area (Å²) in [6, 6.07) is 0. The van der Waals surface area contributed by atoms with Crippen molar-refractivity contribution in [1.82, 2.24) is 4.90 Å². The Hall–Kier alpha value is -0.290. The van der Waals surface area contributed by atoms with Gasteiger partial charge in [0.05, 0.1) is 12.5 Å². The Bertz CT molecular complexity index is 203. The van der Waals surface area contributed by atoms with E-state index < -0.39 is 18.7 Å². The minimum absolute atomic E-state index is 0.00993. The predicted octanol–water partition coefficient (Wildman–Crippen LogP) is 1.64. The van der Waals surface area contributed by atoms with Crippen molar-refractivity contribution < 1.29 is 18.3 Å². The first kappa shape index (κ1) is 11.8. The van der Waals surface area contributed by atoms with E-state index in [0.717, 1.165) is 0 Å². The molecule has 0 radical (unpaired) electrons. The molecule has 84 valence electrons. The average molecular weight is 211 g/mol. The second-order valence-electron chi connectivity index (χ2n) is 4.60. The van der Waals surface area contributed by atoms with Gasteiger partial charge in [0.25, 0.3) is 0 Å². The molecule has 1 heterocycles. The zero-order valence-corrected chi connectivity index (χ0v) is 8.43. The summed E-state index contributed by atoms with van der Waals surface area (Å²) in [5, 5.41) is 9.53. The van der Waals surface area contributed by atoms with Crippen LogP contribution in [0.25, 0.3) is 0 Å². The van der Waals surface area contributed by atoms with Gasteiger partial charge in [-0.3, -0.25) is 4.90 Å². The molecule has 1 saturated heterocycles. The van der Waals surface area contributed by atoms with Gasteiger partial charge in [-0.1, -0.05) is 13.8 Å². The predicted molar refractivity (Wildman–Crippen MR) is 46.9 cm³/mol. The van der Waals surface area contributed by atoms with Crippen LogP contribution < -0.4 is 0 Å². The minimum atomic E-state index is -4.10. The van der Waals surface area contributed by atoms with Gasteiger partial charge in [0.15, 0.2) is 0 Å². The molecule has 1 aliphatic rings. The van der Waals surface area contributed by atoms with Gasteiger partial charge < -0.3 is 5.11 Å². The fraction of sp³-hybridized carbons (Fsp3) is 1.00. The molecule has 0 spiro atoms. The van der Waals surface area contributed by atoms with Crippen molar-refractivity contribution >= 4 is 0 Å². The summed E-state index contributed by atoms with van der Waals surface area (Å²) in [7, 11) is 0. The quantitative estimate of drug-likeness (QED) is 0.750. The Morgan fingerprint density at radius 3 is 2.36 bits per heavy atom. The molecule has 0 aromatic rings. The summed E-state index contributed by atoms with van der Waals surface area (Å²) in [5.74, 6) is 0. The normalized spacial score (nSPS) is 28.3. The molecule has 1 rings (SSSR count). The smallest absolute Gasteiger partial charge is 0.390 e. The van der Waals surface area contributed by atoms with Crippen molar-refractivity contribution in [3.8, 4) is 0 Å². The van der Waals surface area contributed by atoms with Crippen LogP contribution in [0.2, 0.25) is 0 Å². The first-order chi connectivity index (χ1) is 6.21. The van der Waals surface area contributed by atoms with E-state index in [1.807, 2.05) is 13.8 Å². The van der Waals surface area contributed by atoms with Crippen LogP contribution in [0, 0.1) is 5.41 Å². The highest BCUT2D eigenvalue weighted by atomic mass is 19.4. The molecule has 0 bridgehead atoms. The third-order valence-electron chi connectivity index (χ3n) is 2.68. The fourth-order valence-electron chi connectivity index (χ4n) is 1.69. The fourth-order valence-corrected chi connectivity index (χ4v) is 1.69. The van der Waals surface area contributed by atoms with Gasteiger partial charge >= 0.3 is 6.18 Å². The lowest BCUT2D eigenvalue weighted by Gasteiger charge is -2.21. The van der Waals surface area contributed by atoms with Crippen LogP contribution in [-0.2, 0) is 0 Å². The maximum Gasteiger partial charge on any atom is 0.390 e. The molecule has 14 heavy (non-hydrogen) atoms. The average Bonchev–Trinajstić information content (AvgIpc) is 2.21. The van der Waals surface area contributed by atoms with E-state index in [1.165, 1.54) is 0 Å². The Morgan fingerprint density at radius 1 is 1.43 bits per heavy atom. The topological polar surface area (TPSA) is 23.5 Å². The molecule has 1 aliphatic heterocycles. The third kappa shape index (κ3) is 3.13. The molecule has 1 atom stereocenters. The Balaban J connectivity index is 2.36. The van der Waals surface area contributed by atoms with Crippen molar-refractivity contribution in [3.05, 3.63) is 0 Å². The highest BCUT2D eigenvalue weighted by Gasteiger charge is 2.39. The SMILES string of the molecule is CC1(C)CN(CCC(F)(F)F)CC1O. The van der Waals surface area contributed by atoms with Gasteiger partial charge in [0.1, 0.15) is 0 Å². The number of β-amino-alcohol motifs (C(OH)–C–C–N with tert-alkyl or cyclic N) is 1. The summed E-state index contributed by atoms with van der Waals surface area (Å²) < 4.78 is 35.7. The number of hydrogen-bond acceptors (Lipinski definition) is 2. The molecule has 0 aromatic heterocycles. The van der Waals surface area contributed by atoms with Crippen molar-refractivity contribution in [2.75, 3.05) is 19.6 Å². The molecular formula is C9H16F3NO. The van der Waals surface area contributed by atoms with Crippen LogP contribution in [-0.4, -0.2) is 41.9 Å². The van der Waals surface area contributed by atoms with E-state index >= 15 is 0 Å². The molecule has 5 heteroatoms. The van der Waals surface area contributed by atoms with Crippen LogP contribution in [0.3, 0.4) is 0 Å². The number of aliphatic hydroxyl groups is 1. The number of hydrogen-bond donors (Lipinski definition) is 1. The van der Waals surface area contributed by atoms with Crippen molar-refractivity contribution in [2.24, 2.45) is 5.41 Å². The lowest BCUT2D eigenvalue weighted by molar-refractivity contribution is -0.137. The maximum atomic E-state index is 11.9. The molecular weight excluding hydrogens is 195 g/mol. The summed E-state index contributed by atoms with van der Waals surface area (Å²) in [6.07, 6.45) is -5.41. The number of likely N-dealkylation sites (tertiary alicyclic amines) is 1. The van der Waals surface area contributed by atoms with Crippen molar-refractivity contribution in [3.63, 3.8) is 0 Å². The van der Waals surface area contributed by atoms with Gasteiger partial charge in [-0.15, -0.1) is 0 Å². The lowest BCUT2D eigenvalue weighted by Crippen LogP contribution is -2.27. The van der Waals surface area contributed by atoms with E-state index in [2.05, 4.69) is 0 Å². The molecule has 1 fully saturated rings. The number of aliphatic hydroxyl groups excluding tert-OH is 1. The zero-order chi connectivity index (χ0) is 11.0. The first-order valence-electron chi connectivity index (χ1n) is 4.68. The number of alkyl halides is 3. The highest BCUT2D eigenvalue weighted by molar-refractivity contribution is 4.90. The van der Waals surface area contributed by atoms with Crippen molar-refractivity contribution in [2.45, 2.75) is 32.5 Å². The molecule has 1 unspecified atom stereocenters. The number of rotatable bonds is 2. The van der Waals surface area contributed by atoms with Gasteiger partial charge in [-0.25, -0.2) is 0 Å². The largest absolute Gasteiger partial charge is 0.391 e. The van der Waals surface area contributed by atoms with Gasteiger partial charge in [-0.2, -0.15) is 13.2 Å². The van der Waals surface area contributed by atoms with Crippen LogP contribution in [0.4, 0.5) is 13.2 Å². The summed E-state index contributed by atoms with van der Waals surface area (Å²) in [4.78, 5) is 1.66. The molecule has 2 nitrogen and oxygen atoms in total. The van der Waals surface area contributed by atoms with Gasteiger partial charge in [0, 0.05) is 25.0 Å². The Morgan fingerprint density at radius 2 is 2.00 bits per heavy atom. The summed E-state index contributed by atoms with van der Waals surface area (Å²) in [6.45, 7) is 4.60. The number of halogens is 3. The Labute approximate surface area is 81.7 Å². The Kier molecular flexibility index (Phi) is 3.11. The van der Waals surface area contributed by atoms with E-state index in [0.29, 0.717) is 13.1 Å². The molecule has 0 aromatic carbocycles. The standard InChI is InChI=1S/C9H16F3NO/c1-8(2)6-13(5-7(8)14)4-3-9(10,11)12/h7,14H,3-6H2,1-2H3. The van der Waals surface area contributed by atoms with Gasteiger partial charge in [0.2, 0.25) is 0 Å². The molecule has 0 aliphatic carbocycles. The van der Waals surface area contributed by atoms with Crippen LogP contribution in [0.1, 0.15) is 20.3 Å². The van der Waals surface area contributed by atoms with Crippen molar-refractivity contribution in [1.29, 1.82) is 0 Å². The second-order valence-corrected chi connectivity index (χ2v) is 4.60. The highest BCUT2D eigenvalue weighted by Crippen LogP contribution is 2.30. The first-order valence-corrected chi connectivity index (χ1v) is 4.68. The van der Waals surface area contributed by atoms with Crippen LogP contribution >= 0.6 is 0 Å². The number of nitrogens with zero attached hydrogens (tertiary/aromatic N) is 1. The monoisotopic (exact) mass is 211 g/mol. The maximum absolute atomic E-state index is 11.9. The van der Waals surface area contributed by atoms with Crippen LogP contribution in [0.15, 0.2) is 0 Å². The molecule has 0 amide bonds. The van der Waals surface area contributed by atoms with Gasteiger partial charge in [-0.05, 0) is 0 Å². The summed E-state index contributed by atoms with van der Waals surface area (Å²) >= 11 is 0. The molecule has 0 saturated carbocycles. The van der Waals surface area contributed by atoms with E-state index in [-0.39, 0.29) is 12.0 Å². The molecule has 1 N–H and O–H groups in total. The minimum Gasteiger partial charge on any atom is -0.391 e. The zero-order valence-electron chi connectivity index (χ0n) is 8.43. The lowest BCUT2D eigenvalue weighted by atomic mass is 9.90. The summed E-state index contributed by atoms with van der Waals surface area (Å²) in [5.41, 5.74) is -0.286. The van der Waals surface area contributed by atoms with E-state index in [1.54, 1.807) is 4.90 Å².